The van der Waals surface area contributed by atoms with Gasteiger partial charge in [-0.1, -0.05) is 49.6 Å². The molecule has 1 aromatic rings. The van der Waals surface area contributed by atoms with Crippen LogP contribution in [-0.2, 0) is 0 Å². The number of benzene rings is 1. The Labute approximate surface area is 119 Å². The average Bonchev–Trinajstić information content (AvgIpc) is 3.03. The lowest BCUT2D eigenvalue weighted by atomic mass is 9.83. The molecule has 2 aliphatic rings. The van der Waals surface area contributed by atoms with E-state index in [1.165, 1.54) is 43.6 Å². The predicted octanol–water partition coefficient (Wildman–Crippen LogP) is 4.37. The van der Waals surface area contributed by atoms with Crippen molar-refractivity contribution in [3.8, 4) is 0 Å². The Balaban J connectivity index is 1.92. The van der Waals surface area contributed by atoms with Crippen molar-refractivity contribution in [2.24, 2.45) is 0 Å². The number of ketones is 1. The maximum atomic E-state index is 13.1. The van der Waals surface area contributed by atoms with Gasteiger partial charge in [0.15, 0.2) is 5.78 Å². The number of thiol groups is 1. The van der Waals surface area contributed by atoms with Crippen LogP contribution in [-0.4, -0.2) is 22.0 Å². The summed E-state index contributed by atoms with van der Waals surface area (Å²) in [4.78, 5) is 13.1. The summed E-state index contributed by atoms with van der Waals surface area (Å²) >= 11 is 0. The summed E-state index contributed by atoms with van der Waals surface area (Å²) < 4.78 is 0.0471. The fourth-order valence-corrected chi connectivity index (χ4v) is 7.48. The zero-order valence-corrected chi connectivity index (χ0v) is 12.5. The summed E-state index contributed by atoms with van der Waals surface area (Å²) in [7, 11) is -0.0601. The fraction of sp³-hybridized carbons (Fsp3) is 0.588. The molecular weight excluding hydrogens is 252 g/mol. The third-order valence-electron chi connectivity index (χ3n) is 4.85. The second-order valence-corrected chi connectivity index (χ2v) is 8.81. The van der Waals surface area contributed by atoms with Crippen LogP contribution in [0.25, 0.3) is 0 Å². The maximum absolute atomic E-state index is 13.1. The molecule has 1 saturated heterocycles. The number of carbonyl (C=O) groups is 1. The highest BCUT2D eigenvalue weighted by Gasteiger charge is 2.44. The highest BCUT2D eigenvalue weighted by atomic mass is 32.2. The molecular formula is C17H24OS. The van der Waals surface area contributed by atoms with Crippen LogP contribution in [0.1, 0.15) is 55.3 Å². The van der Waals surface area contributed by atoms with Crippen LogP contribution < -0.4 is 0 Å². The van der Waals surface area contributed by atoms with E-state index in [-0.39, 0.29) is 15.6 Å². The third-order valence-corrected chi connectivity index (χ3v) is 8.42. The largest absolute Gasteiger partial charge is 0.293 e. The van der Waals surface area contributed by atoms with Crippen molar-refractivity contribution in [1.82, 2.24) is 0 Å². The van der Waals surface area contributed by atoms with E-state index in [1.54, 1.807) is 0 Å². The minimum absolute atomic E-state index is 0.0471. The van der Waals surface area contributed by atoms with Gasteiger partial charge in [-0.15, -0.1) is 0 Å². The Kier molecular flexibility index (Phi) is 3.97. The normalized spacial score (nSPS) is 24.3. The van der Waals surface area contributed by atoms with Gasteiger partial charge in [-0.3, -0.25) is 4.79 Å². The van der Waals surface area contributed by atoms with Gasteiger partial charge in [0.05, 0.1) is 4.75 Å². The van der Waals surface area contributed by atoms with Crippen molar-refractivity contribution in [3.63, 3.8) is 0 Å². The number of rotatable bonds is 3. The number of hydrogen-bond donors (Lipinski definition) is 1. The van der Waals surface area contributed by atoms with Crippen molar-refractivity contribution in [2.75, 3.05) is 11.5 Å². The molecule has 2 heteroatoms. The fourth-order valence-electron chi connectivity index (χ4n) is 3.83. The summed E-state index contributed by atoms with van der Waals surface area (Å²) in [5, 5.41) is 0. The molecule has 0 unspecified atom stereocenters. The first-order valence-corrected chi connectivity index (χ1v) is 9.39. The van der Waals surface area contributed by atoms with E-state index in [1.807, 2.05) is 30.3 Å². The molecule has 19 heavy (non-hydrogen) atoms. The molecule has 104 valence electrons. The van der Waals surface area contributed by atoms with Gasteiger partial charge in [-0.2, -0.15) is 0 Å². The van der Waals surface area contributed by atoms with E-state index in [0.717, 1.165) is 18.4 Å². The van der Waals surface area contributed by atoms with Gasteiger partial charge in [0.25, 0.3) is 0 Å². The zero-order valence-electron chi connectivity index (χ0n) is 11.6. The van der Waals surface area contributed by atoms with Gasteiger partial charge >= 0.3 is 0 Å². The van der Waals surface area contributed by atoms with E-state index in [4.69, 9.17) is 0 Å². The van der Waals surface area contributed by atoms with Crippen LogP contribution in [0.15, 0.2) is 30.3 Å². The minimum atomic E-state index is -0.0601. The van der Waals surface area contributed by atoms with Crippen molar-refractivity contribution in [1.29, 1.82) is 0 Å². The quantitative estimate of drug-likeness (QED) is 0.641. The zero-order chi connectivity index (χ0) is 13.1. The van der Waals surface area contributed by atoms with Crippen LogP contribution in [0, 0.1) is 0 Å². The Bertz CT molecular complexity index is 428. The van der Waals surface area contributed by atoms with E-state index >= 15 is 0 Å². The van der Waals surface area contributed by atoms with Crippen molar-refractivity contribution in [3.05, 3.63) is 35.9 Å². The standard InChI is InChI=1S/C17H24OS/c18-16(15-9-3-1-4-10-15)17(11-5-2-6-12-17)19-13-7-8-14-19/h1,3-4,9-10,19H,2,5-8,11-14H2. The van der Waals surface area contributed by atoms with Gasteiger partial charge in [-0.25, -0.2) is 10.9 Å². The Morgan fingerprint density at radius 2 is 1.53 bits per heavy atom. The van der Waals surface area contributed by atoms with Crippen LogP contribution >= 0.6 is 10.9 Å². The molecule has 0 amide bonds. The number of Topliss-reactive ketones (excluding diaryl/α,β-unsaturated/α-hetero) is 1. The van der Waals surface area contributed by atoms with Crippen LogP contribution in [0.2, 0.25) is 0 Å². The minimum Gasteiger partial charge on any atom is -0.293 e. The van der Waals surface area contributed by atoms with Crippen molar-refractivity contribution < 1.29 is 4.79 Å². The molecule has 1 saturated carbocycles. The van der Waals surface area contributed by atoms with Crippen molar-refractivity contribution in [2.45, 2.75) is 49.7 Å². The molecule has 1 aliphatic carbocycles. The van der Waals surface area contributed by atoms with Gasteiger partial charge in [0, 0.05) is 5.56 Å². The Morgan fingerprint density at radius 3 is 2.16 bits per heavy atom. The molecule has 1 aliphatic heterocycles. The molecule has 1 heterocycles. The molecule has 2 fully saturated rings. The first-order valence-electron chi connectivity index (χ1n) is 7.68. The second kappa shape index (κ2) is 5.70. The molecule has 0 atom stereocenters. The molecule has 3 rings (SSSR count). The van der Waals surface area contributed by atoms with E-state index in [9.17, 15) is 4.79 Å². The molecule has 1 aromatic carbocycles. The summed E-state index contributed by atoms with van der Waals surface area (Å²) in [5.41, 5.74) is 0.957. The van der Waals surface area contributed by atoms with Crippen LogP contribution in [0.4, 0.5) is 0 Å². The van der Waals surface area contributed by atoms with Gasteiger partial charge < -0.3 is 0 Å². The lowest BCUT2D eigenvalue weighted by Crippen LogP contribution is -2.41. The Morgan fingerprint density at radius 1 is 0.895 bits per heavy atom. The van der Waals surface area contributed by atoms with E-state index < -0.39 is 0 Å². The molecule has 0 N–H and O–H groups in total. The maximum Gasteiger partial charge on any atom is 0.177 e. The SMILES string of the molecule is O=C(c1ccccc1)C1([SH]2CCCC2)CCCCC1. The third kappa shape index (κ3) is 2.47. The van der Waals surface area contributed by atoms with Crippen molar-refractivity contribution >= 4 is 16.7 Å². The molecule has 0 aromatic heterocycles. The van der Waals surface area contributed by atoms with Gasteiger partial charge in [0.1, 0.15) is 0 Å². The number of hydrogen-bond acceptors (Lipinski definition) is 1. The number of carbonyl (C=O) groups excluding carboxylic acids is 1. The van der Waals surface area contributed by atoms with Crippen LogP contribution in [0.3, 0.4) is 0 Å². The lowest BCUT2D eigenvalue weighted by Gasteiger charge is -2.43. The molecule has 0 spiro atoms. The topological polar surface area (TPSA) is 17.1 Å². The smallest absolute Gasteiger partial charge is 0.177 e. The summed E-state index contributed by atoms with van der Waals surface area (Å²) in [5.74, 6) is 3.16. The van der Waals surface area contributed by atoms with E-state index in [0.29, 0.717) is 5.78 Å². The first kappa shape index (κ1) is 13.2. The molecule has 0 bridgehead atoms. The predicted molar refractivity (Wildman–Crippen MR) is 84.5 cm³/mol. The monoisotopic (exact) mass is 276 g/mol. The Hall–Kier alpha value is -0.760. The van der Waals surface area contributed by atoms with Gasteiger partial charge in [-0.05, 0) is 37.2 Å². The lowest BCUT2D eigenvalue weighted by molar-refractivity contribution is 0.0917. The van der Waals surface area contributed by atoms with E-state index in [2.05, 4.69) is 0 Å². The van der Waals surface area contributed by atoms with Gasteiger partial charge in [0.2, 0.25) is 0 Å². The first-order chi connectivity index (χ1) is 9.33. The summed E-state index contributed by atoms with van der Waals surface area (Å²) in [6, 6.07) is 10.1. The van der Waals surface area contributed by atoms with Crippen LogP contribution in [0.5, 0.6) is 0 Å². The highest BCUT2D eigenvalue weighted by molar-refractivity contribution is 8.19. The average molecular weight is 276 g/mol. The molecule has 0 radical (unpaired) electrons. The summed E-state index contributed by atoms with van der Waals surface area (Å²) in [6.45, 7) is 0. The molecule has 1 nitrogen and oxygen atoms in total. The second-order valence-electron chi connectivity index (χ2n) is 5.98. The highest BCUT2D eigenvalue weighted by Crippen LogP contribution is 2.55. The summed E-state index contributed by atoms with van der Waals surface area (Å²) in [6.07, 6.45) is 8.88.